The minimum Gasteiger partial charge on any atom is -0.0729 e. The lowest BCUT2D eigenvalue weighted by Gasteiger charge is -2.15. The van der Waals surface area contributed by atoms with E-state index in [1.165, 1.54) is 46.2 Å². The molecule has 2 aromatic carbocycles. The molecule has 0 heterocycles. The summed E-state index contributed by atoms with van der Waals surface area (Å²) in [4.78, 5) is 0. The number of hydrogen-bond acceptors (Lipinski definition) is 0. The Hall–Kier alpha value is -2.08. The van der Waals surface area contributed by atoms with Crippen molar-refractivity contribution in [2.75, 3.05) is 0 Å². The Bertz CT molecular complexity index is 790. The van der Waals surface area contributed by atoms with E-state index in [9.17, 15) is 0 Å². The molecule has 0 radical (unpaired) electrons. The second kappa shape index (κ2) is 6.91. The molecule has 2 aromatic rings. The fraction of sp³-hybridized carbons (Fsp3) is 0.385. The van der Waals surface area contributed by atoms with E-state index < -0.39 is 0 Å². The summed E-state index contributed by atoms with van der Waals surface area (Å²) in [5.74, 6) is 2.35. The number of benzene rings is 2. The van der Waals surface area contributed by atoms with Crippen LogP contribution in [0.25, 0.3) is 11.1 Å². The van der Waals surface area contributed by atoms with Crippen molar-refractivity contribution in [3.63, 3.8) is 0 Å². The first-order valence-electron chi connectivity index (χ1n) is 10.2. The smallest absolute Gasteiger partial charge is 0.00304 e. The van der Waals surface area contributed by atoms with E-state index in [0.717, 1.165) is 0 Å². The van der Waals surface area contributed by atoms with E-state index in [4.69, 9.17) is 0 Å². The quantitative estimate of drug-likeness (QED) is 0.529. The lowest BCUT2D eigenvalue weighted by Crippen LogP contribution is -1.98. The maximum absolute atomic E-state index is 2.54. The van der Waals surface area contributed by atoms with Crippen LogP contribution in [-0.2, 0) is 0 Å². The lowest BCUT2D eigenvalue weighted by molar-refractivity contribution is 0.641. The van der Waals surface area contributed by atoms with E-state index in [-0.39, 0.29) is 0 Å². The van der Waals surface area contributed by atoms with Crippen LogP contribution in [0.2, 0.25) is 0 Å². The molecule has 0 N–H and O–H groups in total. The molecule has 2 aliphatic carbocycles. The Morgan fingerprint density at radius 3 is 1.38 bits per heavy atom. The molecule has 0 saturated carbocycles. The number of hydrogen-bond donors (Lipinski definition) is 0. The first-order valence-corrected chi connectivity index (χ1v) is 10.2. The fourth-order valence-corrected chi connectivity index (χ4v) is 4.80. The van der Waals surface area contributed by atoms with Gasteiger partial charge in [-0.25, -0.2) is 0 Å². The molecule has 26 heavy (non-hydrogen) atoms. The van der Waals surface area contributed by atoms with Crippen molar-refractivity contribution in [1.82, 2.24) is 0 Å². The predicted octanol–water partition coefficient (Wildman–Crippen LogP) is 7.44. The number of allylic oxidation sites excluding steroid dienone is 4. The monoisotopic (exact) mass is 342 g/mol. The highest BCUT2D eigenvalue weighted by molar-refractivity contribution is 5.77. The van der Waals surface area contributed by atoms with Gasteiger partial charge >= 0.3 is 0 Å². The van der Waals surface area contributed by atoms with Crippen LogP contribution in [0, 0.1) is 11.8 Å². The van der Waals surface area contributed by atoms with Gasteiger partial charge in [0.25, 0.3) is 0 Å². The van der Waals surface area contributed by atoms with Crippen LogP contribution in [-0.4, -0.2) is 0 Å². The molecule has 2 aliphatic rings. The molecule has 0 heteroatoms. The van der Waals surface area contributed by atoms with Gasteiger partial charge in [0.05, 0.1) is 0 Å². The predicted molar refractivity (Wildman–Crippen MR) is 113 cm³/mol. The highest BCUT2D eigenvalue weighted by Gasteiger charge is 2.28. The molecule has 4 rings (SSSR count). The third kappa shape index (κ3) is 2.96. The Labute approximate surface area is 158 Å². The summed E-state index contributed by atoms with van der Waals surface area (Å²) in [6, 6.07) is 18.1. The average Bonchev–Trinajstić information content (AvgIpc) is 3.19. The van der Waals surface area contributed by atoms with Crippen LogP contribution in [0.1, 0.15) is 74.6 Å². The molecular weight excluding hydrogens is 312 g/mol. The van der Waals surface area contributed by atoms with Crippen molar-refractivity contribution in [1.29, 1.82) is 0 Å². The molecule has 0 saturated heterocycles. The molecule has 0 aromatic heterocycles. The third-order valence-electron chi connectivity index (χ3n) is 6.14. The molecule has 0 spiro atoms. The summed E-state index contributed by atoms with van der Waals surface area (Å²) >= 11 is 0. The van der Waals surface area contributed by atoms with Gasteiger partial charge in [0, 0.05) is 11.8 Å². The zero-order chi connectivity index (χ0) is 18.3. The fourth-order valence-electron chi connectivity index (χ4n) is 4.80. The highest BCUT2D eigenvalue weighted by Crippen LogP contribution is 2.46. The van der Waals surface area contributed by atoms with E-state index >= 15 is 0 Å². The van der Waals surface area contributed by atoms with Crippen LogP contribution >= 0.6 is 0 Å². The summed E-state index contributed by atoms with van der Waals surface area (Å²) in [6.07, 6.45) is 7.55. The lowest BCUT2D eigenvalue weighted by atomic mass is 9.89. The minimum atomic E-state index is 0.576. The Kier molecular flexibility index (Phi) is 4.61. The molecule has 2 atom stereocenters. The summed E-state index contributed by atoms with van der Waals surface area (Å²) in [5, 5.41) is 0. The van der Waals surface area contributed by atoms with E-state index in [1.54, 1.807) is 0 Å². The van der Waals surface area contributed by atoms with Gasteiger partial charge in [-0.05, 0) is 58.1 Å². The second-order valence-electron chi connectivity index (χ2n) is 8.52. The van der Waals surface area contributed by atoms with Crippen molar-refractivity contribution < 1.29 is 0 Å². The van der Waals surface area contributed by atoms with Crippen molar-refractivity contribution >= 4 is 11.1 Å². The van der Waals surface area contributed by atoms with Gasteiger partial charge in [-0.2, -0.15) is 0 Å². The number of fused-ring (bicyclic) bond motifs is 2. The topological polar surface area (TPSA) is 0 Å². The van der Waals surface area contributed by atoms with Gasteiger partial charge in [-0.3, -0.25) is 0 Å². The van der Waals surface area contributed by atoms with Crippen molar-refractivity contribution in [3.8, 4) is 0 Å². The first-order chi connectivity index (χ1) is 12.6. The van der Waals surface area contributed by atoms with Crippen LogP contribution in [0.5, 0.6) is 0 Å². The summed E-state index contributed by atoms with van der Waals surface area (Å²) < 4.78 is 0. The molecule has 0 fully saturated rings. The molecule has 0 amide bonds. The first kappa shape index (κ1) is 17.3. The molecule has 0 bridgehead atoms. The third-order valence-corrected chi connectivity index (χ3v) is 6.14. The van der Waals surface area contributed by atoms with Gasteiger partial charge in [0.2, 0.25) is 0 Å². The van der Waals surface area contributed by atoms with Gasteiger partial charge in [0.1, 0.15) is 0 Å². The zero-order valence-electron chi connectivity index (χ0n) is 16.5. The van der Waals surface area contributed by atoms with Crippen LogP contribution in [0.15, 0.2) is 60.7 Å². The van der Waals surface area contributed by atoms with Crippen LogP contribution in [0.3, 0.4) is 0 Å². The molecule has 0 aliphatic heterocycles. The molecular formula is C26H30. The van der Waals surface area contributed by atoms with Crippen molar-refractivity contribution in [3.05, 3.63) is 82.9 Å². The van der Waals surface area contributed by atoms with Gasteiger partial charge < -0.3 is 0 Å². The van der Waals surface area contributed by atoms with Crippen LogP contribution in [0.4, 0.5) is 0 Å². The van der Waals surface area contributed by atoms with Gasteiger partial charge in [0.15, 0.2) is 0 Å². The summed E-state index contributed by atoms with van der Waals surface area (Å²) in [6.45, 7) is 9.26. The highest BCUT2D eigenvalue weighted by atomic mass is 14.3. The second-order valence-corrected chi connectivity index (χ2v) is 8.52. The van der Waals surface area contributed by atoms with E-state index in [1.807, 2.05) is 0 Å². The Morgan fingerprint density at radius 2 is 1.00 bits per heavy atom. The van der Waals surface area contributed by atoms with Crippen molar-refractivity contribution in [2.24, 2.45) is 11.8 Å². The standard InChI is InChI=1S/C26H30/c1-17(2)25-15-19(21-9-5-7-11-23(21)25)13-14-20-16-26(18(3)4)24-12-8-6-10-22(20)24/h5-12,15-20H,13-14H2,1-4H3. The summed E-state index contributed by atoms with van der Waals surface area (Å²) in [7, 11) is 0. The normalized spacial score (nSPS) is 21.0. The Morgan fingerprint density at radius 1 is 0.615 bits per heavy atom. The SMILES string of the molecule is CC(C)C1=CC(CCC2C=C(C(C)C)c3ccccc32)c2ccccc21. The van der Waals surface area contributed by atoms with E-state index in [0.29, 0.717) is 23.7 Å². The zero-order valence-corrected chi connectivity index (χ0v) is 16.5. The maximum Gasteiger partial charge on any atom is 0.00304 e. The Balaban J connectivity index is 1.57. The molecule has 134 valence electrons. The molecule has 0 nitrogen and oxygen atoms in total. The van der Waals surface area contributed by atoms with Gasteiger partial charge in [-0.1, -0.05) is 88.4 Å². The maximum atomic E-state index is 2.54. The van der Waals surface area contributed by atoms with E-state index in [2.05, 4.69) is 88.4 Å². The molecule has 2 unspecified atom stereocenters. The van der Waals surface area contributed by atoms with Gasteiger partial charge in [-0.15, -0.1) is 0 Å². The minimum absolute atomic E-state index is 0.576. The average molecular weight is 343 g/mol. The van der Waals surface area contributed by atoms with Crippen LogP contribution < -0.4 is 0 Å². The summed E-state index contributed by atoms with van der Waals surface area (Å²) in [5.41, 5.74) is 9.12. The number of rotatable bonds is 5. The largest absolute Gasteiger partial charge is 0.0729 e. The van der Waals surface area contributed by atoms with Crippen molar-refractivity contribution in [2.45, 2.75) is 52.4 Å².